The Morgan fingerprint density at radius 3 is 2.95 bits per heavy atom. The van der Waals surface area contributed by atoms with E-state index in [1.807, 2.05) is 0 Å². The van der Waals surface area contributed by atoms with Gasteiger partial charge in [0, 0.05) is 25.7 Å². The first-order valence-electron chi connectivity index (χ1n) is 6.73. The minimum absolute atomic E-state index is 0.0469. The highest BCUT2D eigenvalue weighted by Crippen LogP contribution is 2.30. The highest BCUT2D eigenvalue weighted by atomic mass is 16.3. The van der Waals surface area contributed by atoms with Gasteiger partial charge in [-0.05, 0) is 25.0 Å². The Morgan fingerprint density at radius 2 is 2.32 bits per heavy atom. The molecule has 1 saturated heterocycles. The van der Waals surface area contributed by atoms with Crippen molar-refractivity contribution in [3.05, 3.63) is 24.2 Å². The highest BCUT2D eigenvalue weighted by Gasteiger charge is 2.38. The van der Waals surface area contributed by atoms with Gasteiger partial charge in [-0.1, -0.05) is 0 Å². The summed E-state index contributed by atoms with van der Waals surface area (Å²) in [6.45, 7) is 2.05. The van der Waals surface area contributed by atoms with Crippen LogP contribution in [0.3, 0.4) is 0 Å². The Labute approximate surface area is 112 Å². The predicted molar refractivity (Wildman–Crippen MR) is 68.1 cm³/mol. The van der Waals surface area contributed by atoms with Gasteiger partial charge in [0.2, 0.25) is 5.91 Å². The van der Waals surface area contributed by atoms with Gasteiger partial charge in [-0.3, -0.25) is 9.69 Å². The first-order valence-corrected chi connectivity index (χ1v) is 6.73. The van der Waals surface area contributed by atoms with Gasteiger partial charge < -0.3 is 9.32 Å². The molecular formula is C14H17N3O2. The van der Waals surface area contributed by atoms with Crippen LogP contribution in [0, 0.1) is 11.3 Å². The lowest BCUT2D eigenvalue weighted by molar-refractivity contribution is -0.133. The molecule has 3 rings (SSSR count). The summed E-state index contributed by atoms with van der Waals surface area (Å²) in [5, 5.41) is 9.25. The third-order valence-electron chi connectivity index (χ3n) is 3.84. The third-order valence-corrected chi connectivity index (χ3v) is 3.84. The largest absolute Gasteiger partial charge is 0.469 e. The molecule has 1 amide bonds. The van der Waals surface area contributed by atoms with Crippen molar-refractivity contribution in [3.63, 3.8) is 0 Å². The van der Waals surface area contributed by atoms with Crippen LogP contribution in [-0.2, 0) is 11.2 Å². The summed E-state index contributed by atoms with van der Waals surface area (Å²) in [5.41, 5.74) is 0. The lowest BCUT2D eigenvalue weighted by atomic mass is 10.1. The minimum Gasteiger partial charge on any atom is -0.469 e. The van der Waals surface area contributed by atoms with Gasteiger partial charge in [-0.2, -0.15) is 5.26 Å². The number of carbonyl (C=O) groups is 1. The zero-order chi connectivity index (χ0) is 13.2. The number of rotatable bonds is 3. The lowest BCUT2D eigenvalue weighted by Crippen LogP contribution is -2.55. The fourth-order valence-electron chi connectivity index (χ4n) is 2.66. The maximum Gasteiger partial charge on any atom is 0.230 e. The van der Waals surface area contributed by atoms with E-state index in [0.29, 0.717) is 24.9 Å². The summed E-state index contributed by atoms with van der Waals surface area (Å²) in [7, 11) is 0. The Balaban J connectivity index is 1.60. The van der Waals surface area contributed by atoms with Crippen LogP contribution < -0.4 is 0 Å². The van der Waals surface area contributed by atoms with Crippen molar-refractivity contribution < 1.29 is 9.21 Å². The maximum atomic E-state index is 12.2. The van der Waals surface area contributed by atoms with Crippen molar-refractivity contribution >= 4 is 5.91 Å². The molecule has 2 aliphatic rings. The number of furan rings is 1. The molecule has 1 atom stereocenters. The summed E-state index contributed by atoms with van der Waals surface area (Å²) >= 11 is 0. The summed E-state index contributed by atoms with van der Waals surface area (Å²) in [6.07, 6.45) is 4.25. The van der Waals surface area contributed by atoms with E-state index in [1.54, 1.807) is 23.3 Å². The zero-order valence-corrected chi connectivity index (χ0v) is 10.8. The van der Waals surface area contributed by atoms with Crippen LogP contribution in [0.15, 0.2) is 22.8 Å². The van der Waals surface area contributed by atoms with Gasteiger partial charge in [0.25, 0.3) is 0 Å². The smallest absolute Gasteiger partial charge is 0.230 e. The average Bonchev–Trinajstić information content (AvgIpc) is 3.16. The van der Waals surface area contributed by atoms with E-state index in [0.717, 1.165) is 6.54 Å². The molecule has 19 heavy (non-hydrogen) atoms. The molecule has 1 aromatic rings. The Bertz CT molecular complexity index is 487. The summed E-state index contributed by atoms with van der Waals surface area (Å²) in [6, 6.07) is 6.34. The van der Waals surface area contributed by atoms with Gasteiger partial charge >= 0.3 is 0 Å². The molecule has 1 aromatic heterocycles. The van der Waals surface area contributed by atoms with Crippen molar-refractivity contribution in [1.82, 2.24) is 9.80 Å². The molecule has 0 radical (unpaired) electrons. The molecule has 1 aliphatic heterocycles. The van der Waals surface area contributed by atoms with Gasteiger partial charge in [-0.25, -0.2) is 0 Å². The van der Waals surface area contributed by atoms with Crippen LogP contribution in [0.1, 0.15) is 18.6 Å². The van der Waals surface area contributed by atoms with E-state index in [1.165, 1.54) is 12.8 Å². The van der Waals surface area contributed by atoms with Crippen molar-refractivity contribution in [2.75, 3.05) is 19.6 Å². The summed E-state index contributed by atoms with van der Waals surface area (Å²) < 4.78 is 5.19. The SMILES string of the molecule is N#CC1CN(C(=O)Cc2ccco2)CCN1C1CC1. The monoisotopic (exact) mass is 259 g/mol. The fourth-order valence-corrected chi connectivity index (χ4v) is 2.66. The second-order valence-corrected chi connectivity index (χ2v) is 5.21. The molecule has 5 nitrogen and oxygen atoms in total. The fraction of sp³-hybridized carbons (Fsp3) is 0.571. The molecule has 0 spiro atoms. The quantitative estimate of drug-likeness (QED) is 0.813. The highest BCUT2D eigenvalue weighted by molar-refractivity contribution is 5.78. The number of carbonyl (C=O) groups excluding carboxylic acids is 1. The van der Waals surface area contributed by atoms with E-state index in [2.05, 4.69) is 11.0 Å². The topological polar surface area (TPSA) is 60.5 Å². The molecule has 5 heteroatoms. The van der Waals surface area contributed by atoms with Crippen molar-refractivity contribution in [2.45, 2.75) is 31.3 Å². The molecule has 0 bridgehead atoms. The molecule has 2 fully saturated rings. The van der Waals surface area contributed by atoms with E-state index >= 15 is 0 Å². The molecule has 1 saturated carbocycles. The molecule has 0 N–H and O–H groups in total. The van der Waals surface area contributed by atoms with E-state index in [-0.39, 0.29) is 18.4 Å². The molecule has 100 valence electrons. The van der Waals surface area contributed by atoms with Gasteiger partial charge in [0.15, 0.2) is 0 Å². The Kier molecular flexibility index (Phi) is 3.26. The molecule has 1 aliphatic carbocycles. The van der Waals surface area contributed by atoms with Gasteiger partial charge in [-0.15, -0.1) is 0 Å². The van der Waals surface area contributed by atoms with E-state index in [4.69, 9.17) is 4.42 Å². The molecular weight excluding hydrogens is 242 g/mol. The van der Waals surface area contributed by atoms with Crippen molar-refractivity contribution in [3.8, 4) is 6.07 Å². The average molecular weight is 259 g/mol. The van der Waals surface area contributed by atoms with Crippen LogP contribution in [-0.4, -0.2) is 47.4 Å². The molecule has 2 heterocycles. The number of nitriles is 1. The Hall–Kier alpha value is -1.80. The standard InChI is InChI=1S/C14H17N3O2/c15-9-12-10-16(5-6-17(12)11-3-4-11)14(18)8-13-2-1-7-19-13/h1-2,7,11-12H,3-6,8,10H2. The predicted octanol–water partition coefficient (Wildman–Crippen LogP) is 1.02. The van der Waals surface area contributed by atoms with Crippen LogP contribution in [0.2, 0.25) is 0 Å². The Morgan fingerprint density at radius 1 is 1.47 bits per heavy atom. The molecule has 0 aromatic carbocycles. The van der Waals surface area contributed by atoms with Crippen molar-refractivity contribution in [2.24, 2.45) is 0 Å². The van der Waals surface area contributed by atoms with Crippen LogP contribution in [0.5, 0.6) is 0 Å². The molecule has 1 unspecified atom stereocenters. The lowest BCUT2D eigenvalue weighted by Gasteiger charge is -2.38. The number of amides is 1. The van der Waals surface area contributed by atoms with Crippen LogP contribution in [0.4, 0.5) is 0 Å². The van der Waals surface area contributed by atoms with Crippen LogP contribution in [0.25, 0.3) is 0 Å². The summed E-state index contributed by atoms with van der Waals surface area (Å²) in [4.78, 5) is 16.2. The van der Waals surface area contributed by atoms with Gasteiger partial charge in [0.05, 0.1) is 18.8 Å². The van der Waals surface area contributed by atoms with Gasteiger partial charge in [0.1, 0.15) is 11.8 Å². The zero-order valence-electron chi connectivity index (χ0n) is 10.8. The van der Waals surface area contributed by atoms with E-state index < -0.39 is 0 Å². The first kappa shape index (κ1) is 12.2. The van der Waals surface area contributed by atoms with Crippen LogP contribution >= 0.6 is 0 Å². The first-order chi connectivity index (χ1) is 9.28. The number of hydrogen-bond acceptors (Lipinski definition) is 4. The minimum atomic E-state index is -0.151. The second kappa shape index (κ2) is 5.06. The van der Waals surface area contributed by atoms with E-state index in [9.17, 15) is 10.1 Å². The second-order valence-electron chi connectivity index (χ2n) is 5.21. The van der Waals surface area contributed by atoms with Crippen molar-refractivity contribution in [1.29, 1.82) is 5.26 Å². The normalized spacial score (nSPS) is 24.2. The summed E-state index contributed by atoms with van der Waals surface area (Å²) in [5.74, 6) is 0.730. The number of nitrogens with zero attached hydrogens (tertiary/aromatic N) is 3. The number of piperazine rings is 1. The third kappa shape index (κ3) is 2.64. The number of hydrogen-bond donors (Lipinski definition) is 0. The maximum absolute atomic E-state index is 12.2.